The van der Waals surface area contributed by atoms with E-state index in [1.165, 1.54) is 19.1 Å². The Morgan fingerprint density at radius 2 is 2.00 bits per heavy atom. The minimum atomic E-state index is -1.16. The molecular weight excluding hydrogens is 325 g/mol. The molecule has 3 atom stereocenters. The molecule has 1 saturated heterocycles. The second kappa shape index (κ2) is 7.78. The van der Waals surface area contributed by atoms with Crippen molar-refractivity contribution in [2.75, 3.05) is 14.2 Å². The molecule has 1 aliphatic rings. The predicted octanol–water partition coefficient (Wildman–Crippen LogP) is 2.19. The van der Waals surface area contributed by atoms with Crippen molar-refractivity contribution in [3.8, 4) is 11.5 Å². The molecule has 1 unspecified atom stereocenters. The van der Waals surface area contributed by atoms with E-state index in [0.29, 0.717) is 23.5 Å². The number of amides is 1. The summed E-state index contributed by atoms with van der Waals surface area (Å²) >= 11 is 0. The first-order valence-corrected chi connectivity index (χ1v) is 7.98. The fourth-order valence-electron chi connectivity index (χ4n) is 3.08. The summed E-state index contributed by atoms with van der Waals surface area (Å²) in [6.45, 7) is 3.89. The molecule has 1 aliphatic heterocycles. The van der Waals surface area contributed by atoms with Gasteiger partial charge in [0.1, 0.15) is 11.5 Å². The Bertz CT molecular complexity index is 650. The first kappa shape index (κ1) is 19.1. The number of ether oxygens (including phenoxy) is 3. The van der Waals surface area contributed by atoms with Crippen molar-refractivity contribution in [3.05, 3.63) is 23.8 Å². The second-order valence-corrected chi connectivity index (χ2v) is 6.30. The monoisotopic (exact) mass is 347 g/mol. The van der Waals surface area contributed by atoms with Gasteiger partial charge in [-0.1, -0.05) is 13.8 Å². The van der Waals surface area contributed by atoms with Crippen LogP contribution in [0.1, 0.15) is 32.1 Å². The molecule has 0 aromatic heterocycles. The molecule has 1 amide bonds. The van der Waals surface area contributed by atoms with E-state index < -0.39 is 30.1 Å². The van der Waals surface area contributed by atoms with Crippen molar-refractivity contribution >= 4 is 19.6 Å². The first-order valence-electron chi connectivity index (χ1n) is 7.98. The third-order valence-corrected chi connectivity index (χ3v) is 4.15. The molecule has 7 nitrogen and oxygen atoms in total. The summed E-state index contributed by atoms with van der Waals surface area (Å²) < 4.78 is 16.2. The highest BCUT2D eigenvalue weighted by Crippen LogP contribution is 2.41. The van der Waals surface area contributed by atoms with Crippen LogP contribution in [-0.2, 0) is 9.53 Å². The lowest BCUT2D eigenvalue weighted by Crippen LogP contribution is -2.43. The van der Waals surface area contributed by atoms with Gasteiger partial charge in [0.25, 0.3) is 0 Å². The Balaban J connectivity index is 2.48. The third kappa shape index (κ3) is 3.90. The largest absolute Gasteiger partial charge is 0.497 e. The van der Waals surface area contributed by atoms with Crippen molar-refractivity contribution < 1.29 is 28.9 Å². The molecule has 134 valence electrons. The number of carbonyl (C=O) groups is 2. The molecule has 1 heterocycles. The van der Waals surface area contributed by atoms with E-state index in [1.54, 1.807) is 18.2 Å². The van der Waals surface area contributed by atoms with Gasteiger partial charge in [-0.15, -0.1) is 0 Å². The summed E-state index contributed by atoms with van der Waals surface area (Å²) in [5.41, 5.74) is 0.514. The van der Waals surface area contributed by atoms with Crippen LogP contribution in [0.25, 0.3) is 0 Å². The van der Waals surface area contributed by atoms with E-state index in [0.717, 1.165) is 0 Å². The zero-order chi connectivity index (χ0) is 18.7. The number of nitrogens with zero attached hydrogens (tertiary/aromatic N) is 1. The van der Waals surface area contributed by atoms with E-state index in [2.05, 4.69) is 0 Å². The zero-order valence-electron chi connectivity index (χ0n) is 14.8. The highest BCUT2D eigenvalue weighted by Gasteiger charge is 2.48. The van der Waals surface area contributed by atoms with Crippen molar-refractivity contribution in [2.24, 2.45) is 5.92 Å². The van der Waals surface area contributed by atoms with Gasteiger partial charge in [-0.3, -0.25) is 4.79 Å². The minimum absolute atomic E-state index is 0.161. The standard InChI is InChI=1S/C17H22BNO6/c1-9(2)7-12-14(16(20)21)25-15(19(12)17(18)22)11-6-5-10(23-3)8-13(11)24-4/h5-6,8-9,12,14-15H,7H2,1-4H3,(H,20,21)/t12-,14-,15?/m0/s1. The smallest absolute Gasteiger partial charge is 0.335 e. The lowest BCUT2D eigenvalue weighted by Gasteiger charge is -2.30. The molecule has 1 aromatic rings. The molecule has 2 radical (unpaired) electrons. The molecule has 1 aromatic carbocycles. The number of carboxylic acids is 1. The van der Waals surface area contributed by atoms with E-state index in [4.69, 9.17) is 22.1 Å². The van der Waals surface area contributed by atoms with Crippen molar-refractivity contribution in [3.63, 3.8) is 0 Å². The number of methoxy groups -OCH3 is 2. The minimum Gasteiger partial charge on any atom is -0.497 e. The van der Waals surface area contributed by atoms with E-state index in [1.807, 2.05) is 13.8 Å². The number of rotatable bonds is 6. The number of hydrogen-bond donors (Lipinski definition) is 1. The lowest BCUT2D eigenvalue weighted by molar-refractivity contribution is -0.150. The highest BCUT2D eigenvalue weighted by molar-refractivity contribution is 6.57. The van der Waals surface area contributed by atoms with Crippen LogP contribution < -0.4 is 9.47 Å². The number of carbonyl (C=O) groups excluding carboxylic acids is 1. The van der Waals surface area contributed by atoms with Crippen molar-refractivity contribution in [1.82, 2.24) is 4.90 Å². The Morgan fingerprint density at radius 3 is 2.48 bits per heavy atom. The average Bonchev–Trinajstić information content (AvgIpc) is 2.92. The molecular formula is C17H22BNO6. The molecule has 1 fully saturated rings. The summed E-state index contributed by atoms with van der Waals surface area (Å²) in [6.07, 6.45) is -1.65. The van der Waals surface area contributed by atoms with Gasteiger partial charge in [0.15, 0.2) is 18.1 Å². The Labute approximate surface area is 148 Å². The first-order chi connectivity index (χ1) is 11.8. The molecule has 0 spiro atoms. The van der Waals surface area contributed by atoms with Gasteiger partial charge in [0.2, 0.25) is 7.85 Å². The fraction of sp³-hybridized carbons (Fsp3) is 0.529. The number of hydrogen-bond acceptors (Lipinski definition) is 5. The number of aliphatic carboxylic acids is 1. The normalized spacial score (nSPS) is 22.9. The quantitative estimate of drug-likeness (QED) is 0.794. The average molecular weight is 347 g/mol. The Kier molecular flexibility index (Phi) is 5.95. The SMILES string of the molecule is [B]C(=O)N1C(c2ccc(OC)cc2OC)O[C@H](C(=O)O)[C@@H]1CC(C)C. The van der Waals surface area contributed by atoms with Crippen LogP contribution in [0.15, 0.2) is 18.2 Å². The maximum Gasteiger partial charge on any atom is 0.335 e. The lowest BCUT2D eigenvalue weighted by atomic mass is 9.95. The van der Waals surface area contributed by atoms with Gasteiger partial charge < -0.3 is 24.2 Å². The number of benzene rings is 1. The van der Waals surface area contributed by atoms with Gasteiger partial charge in [-0.2, -0.15) is 0 Å². The van der Waals surface area contributed by atoms with Crippen LogP contribution in [-0.4, -0.2) is 56.0 Å². The molecule has 2 rings (SSSR count). The topological polar surface area (TPSA) is 85.3 Å². The Morgan fingerprint density at radius 1 is 1.32 bits per heavy atom. The highest BCUT2D eigenvalue weighted by atomic mass is 16.6. The molecule has 0 saturated carbocycles. The van der Waals surface area contributed by atoms with E-state index in [-0.39, 0.29) is 5.92 Å². The summed E-state index contributed by atoms with van der Waals surface area (Å²) in [5, 5.41) is 9.51. The third-order valence-electron chi connectivity index (χ3n) is 4.15. The summed E-state index contributed by atoms with van der Waals surface area (Å²) in [4.78, 5) is 25.0. The number of carboxylic acid groups (broad SMARTS) is 1. The van der Waals surface area contributed by atoms with E-state index >= 15 is 0 Å². The van der Waals surface area contributed by atoms with Gasteiger partial charge in [0, 0.05) is 11.6 Å². The zero-order valence-corrected chi connectivity index (χ0v) is 14.8. The molecule has 0 aliphatic carbocycles. The maximum absolute atomic E-state index is 12.1. The van der Waals surface area contributed by atoms with Crippen LogP contribution in [0.2, 0.25) is 0 Å². The molecule has 1 N–H and O–H groups in total. The Hall–Kier alpha value is -2.22. The van der Waals surface area contributed by atoms with E-state index in [9.17, 15) is 14.7 Å². The van der Waals surface area contributed by atoms with Gasteiger partial charge in [-0.05, 0) is 24.5 Å². The van der Waals surface area contributed by atoms with Gasteiger partial charge in [-0.25, -0.2) is 4.79 Å². The summed E-state index contributed by atoms with van der Waals surface area (Å²) in [7, 11) is 8.55. The van der Waals surface area contributed by atoms with Crippen molar-refractivity contribution in [2.45, 2.75) is 38.6 Å². The maximum atomic E-state index is 12.1. The van der Waals surface area contributed by atoms with Crippen LogP contribution in [0.3, 0.4) is 0 Å². The van der Waals surface area contributed by atoms with Crippen molar-refractivity contribution in [1.29, 1.82) is 0 Å². The molecule has 8 heteroatoms. The second-order valence-electron chi connectivity index (χ2n) is 6.30. The fourth-order valence-corrected chi connectivity index (χ4v) is 3.08. The summed E-state index contributed by atoms with van der Waals surface area (Å²) in [6, 6.07) is 4.34. The van der Waals surface area contributed by atoms with Gasteiger partial charge >= 0.3 is 5.97 Å². The van der Waals surface area contributed by atoms with Crippen LogP contribution in [0, 0.1) is 5.92 Å². The van der Waals surface area contributed by atoms with Gasteiger partial charge in [0.05, 0.1) is 20.3 Å². The molecule has 25 heavy (non-hydrogen) atoms. The van der Waals surface area contributed by atoms with Crippen LogP contribution in [0.5, 0.6) is 11.5 Å². The molecule has 0 bridgehead atoms. The summed E-state index contributed by atoms with van der Waals surface area (Å²) in [5.74, 6) is -0.722. The predicted molar refractivity (Wildman–Crippen MR) is 91.0 cm³/mol. The van der Waals surface area contributed by atoms with Crippen LogP contribution >= 0.6 is 0 Å². The van der Waals surface area contributed by atoms with Crippen LogP contribution in [0.4, 0.5) is 4.79 Å².